The Morgan fingerprint density at radius 1 is 1.14 bits per heavy atom. The predicted octanol–water partition coefficient (Wildman–Crippen LogP) is 3.70. The summed E-state index contributed by atoms with van der Waals surface area (Å²) in [5, 5.41) is 10.8. The van der Waals surface area contributed by atoms with E-state index < -0.39 is 5.54 Å². The zero-order chi connectivity index (χ0) is 19.4. The highest BCUT2D eigenvalue weighted by atomic mass is 35.5. The lowest BCUT2D eigenvalue weighted by atomic mass is 9.87. The molecule has 0 unspecified atom stereocenters. The van der Waals surface area contributed by atoms with Gasteiger partial charge in [0.1, 0.15) is 11.3 Å². The van der Waals surface area contributed by atoms with Gasteiger partial charge in [-0.15, -0.1) is 12.4 Å². The summed E-state index contributed by atoms with van der Waals surface area (Å²) in [6, 6.07) is 17.6. The molecule has 0 bridgehead atoms. The fraction of sp³-hybridized carbons (Fsp3) is 0.273. The van der Waals surface area contributed by atoms with Crippen LogP contribution in [0.4, 0.5) is 5.69 Å². The van der Waals surface area contributed by atoms with Crippen LogP contribution in [0.3, 0.4) is 0 Å². The lowest BCUT2D eigenvalue weighted by Gasteiger charge is -2.36. The van der Waals surface area contributed by atoms with Gasteiger partial charge in [0.2, 0.25) is 0 Å². The summed E-state index contributed by atoms with van der Waals surface area (Å²) < 4.78 is 7.27. The molecule has 1 saturated heterocycles. The number of nitrogens with zero attached hydrogens (tertiary/aromatic N) is 2. The molecular weight excluding hydrogens is 388 g/mol. The molecule has 1 aliphatic rings. The van der Waals surface area contributed by atoms with Gasteiger partial charge < -0.3 is 15.4 Å². The van der Waals surface area contributed by atoms with Crippen molar-refractivity contribution < 1.29 is 9.53 Å². The number of rotatable bonds is 5. The predicted molar refractivity (Wildman–Crippen MR) is 117 cm³/mol. The van der Waals surface area contributed by atoms with Crippen LogP contribution in [0.5, 0.6) is 5.75 Å². The summed E-state index contributed by atoms with van der Waals surface area (Å²) in [5.41, 5.74) is 2.08. The fourth-order valence-corrected chi connectivity index (χ4v) is 3.82. The number of hydrogen-bond donors (Lipinski definition) is 2. The number of hydrogen-bond acceptors (Lipinski definition) is 4. The first-order valence-electron chi connectivity index (χ1n) is 9.49. The van der Waals surface area contributed by atoms with Gasteiger partial charge in [0.05, 0.1) is 7.11 Å². The molecule has 3 aromatic rings. The number of carbonyl (C=O) groups is 1. The number of anilines is 1. The summed E-state index contributed by atoms with van der Waals surface area (Å²) in [6.07, 6.45) is 4.99. The quantitative estimate of drug-likeness (QED) is 0.670. The van der Waals surface area contributed by atoms with E-state index in [9.17, 15) is 4.79 Å². The van der Waals surface area contributed by atoms with Crippen LogP contribution in [0.1, 0.15) is 12.8 Å². The van der Waals surface area contributed by atoms with Gasteiger partial charge in [-0.25, -0.2) is 0 Å². The van der Waals surface area contributed by atoms with Gasteiger partial charge in [-0.05, 0) is 55.8 Å². The third-order valence-electron chi connectivity index (χ3n) is 5.33. The first-order chi connectivity index (χ1) is 13.7. The summed E-state index contributed by atoms with van der Waals surface area (Å²) in [6.45, 7) is 1.57. The van der Waals surface area contributed by atoms with Crippen molar-refractivity contribution >= 4 is 24.0 Å². The van der Waals surface area contributed by atoms with Crippen LogP contribution in [-0.2, 0) is 10.3 Å². The number of ether oxygens (including phenoxy) is 1. The van der Waals surface area contributed by atoms with E-state index in [4.69, 9.17) is 4.74 Å². The molecule has 4 rings (SSSR count). The van der Waals surface area contributed by atoms with Crippen molar-refractivity contribution in [3.8, 4) is 16.9 Å². The number of methoxy groups -OCH3 is 1. The van der Waals surface area contributed by atoms with Crippen LogP contribution in [0, 0.1) is 0 Å². The number of halogens is 1. The van der Waals surface area contributed by atoms with Gasteiger partial charge in [0.15, 0.2) is 0 Å². The van der Waals surface area contributed by atoms with Crippen LogP contribution in [0.15, 0.2) is 67.0 Å². The molecule has 152 valence electrons. The fourth-order valence-electron chi connectivity index (χ4n) is 3.82. The highest BCUT2D eigenvalue weighted by molar-refractivity contribution is 5.97. The summed E-state index contributed by atoms with van der Waals surface area (Å²) in [5.74, 6) is 0.771. The Labute approximate surface area is 176 Å². The topological polar surface area (TPSA) is 68.2 Å². The van der Waals surface area contributed by atoms with Crippen LogP contribution in [-0.4, -0.2) is 35.9 Å². The van der Waals surface area contributed by atoms with E-state index in [0.29, 0.717) is 12.8 Å². The zero-order valence-electron chi connectivity index (χ0n) is 16.3. The molecule has 29 heavy (non-hydrogen) atoms. The molecule has 0 spiro atoms. The van der Waals surface area contributed by atoms with Crippen molar-refractivity contribution in [3.05, 3.63) is 67.0 Å². The maximum Gasteiger partial charge on any atom is 0.252 e. The second-order valence-electron chi connectivity index (χ2n) is 6.97. The Morgan fingerprint density at radius 2 is 1.93 bits per heavy atom. The van der Waals surface area contributed by atoms with Gasteiger partial charge in [0, 0.05) is 23.6 Å². The SMILES string of the molecule is COc1ccccc1-c1cccc(NC(=O)C2(n3cccn3)CCNCC2)c1.Cl. The van der Waals surface area contributed by atoms with Crippen LogP contribution in [0.2, 0.25) is 0 Å². The van der Waals surface area contributed by atoms with Gasteiger partial charge in [-0.2, -0.15) is 5.10 Å². The first kappa shape index (κ1) is 20.9. The van der Waals surface area contributed by atoms with E-state index in [1.807, 2.05) is 60.8 Å². The molecule has 1 fully saturated rings. The molecular formula is C22H25ClN4O2. The highest BCUT2D eigenvalue weighted by Crippen LogP contribution is 2.32. The number of amides is 1. The number of benzene rings is 2. The molecule has 0 atom stereocenters. The number of aromatic nitrogens is 2. The highest BCUT2D eigenvalue weighted by Gasteiger charge is 2.42. The minimum absolute atomic E-state index is 0. The van der Waals surface area contributed by atoms with Crippen LogP contribution < -0.4 is 15.4 Å². The molecule has 1 aliphatic heterocycles. The number of nitrogens with one attached hydrogen (secondary N) is 2. The number of piperidine rings is 1. The summed E-state index contributed by atoms with van der Waals surface area (Å²) in [4.78, 5) is 13.3. The van der Waals surface area contributed by atoms with Crippen molar-refractivity contribution in [1.82, 2.24) is 15.1 Å². The minimum atomic E-state index is -0.671. The molecule has 0 saturated carbocycles. The maximum atomic E-state index is 13.3. The Kier molecular flexibility index (Phi) is 6.56. The molecule has 7 heteroatoms. The smallest absolute Gasteiger partial charge is 0.252 e. The van der Waals surface area contributed by atoms with Crippen LogP contribution >= 0.6 is 12.4 Å². The van der Waals surface area contributed by atoms with Crippen molar-refractivity contribution in [2.45, 2.75) is 18.4 Å². The largest absolute Gasteiger partial charge is 0.496 e. The van der Waals surface area contributed by atoms with Gasteiger partial charge >= 0.3 is 0 Å². The Bertz CT molecular complexity index is 953. The maximum absolute atomic E-state index is 13.3. The molecule has 0 aliphatic carbocycles. The normalized spacial score (nSPS) is 15.2. The van der Waals surface area contributed by atoms with E-state index in [1.165, 1.54) is 0 Å². The van der Waals surface area contributed by atoms with Crippen molar-refractivity contribution in [1.29, 1.82) is 0 Å². The summed E-state index contributed by atoms with van der Waals surface area (Å²) in [7, 11) is 1.66. The van der Waals surface area contributed by atoms with Crippen molar-refractivity contribution in [3.63, 3.8) is 0 Å². The molecule has 1 aromatic heterocycles. The third-order valence-corrected chi connectivity index (χ3v) is 5.33. The van der Waals surface area contributed by atoms with Gasteiger partial charge in [0.25, 0.3) is 5.91 Å². The van der Waals surface area contributed by atoms with E-state index in [2.05, 4.69) is 15.7 Å². The van der Waals surface area contributed by atoms with E-state index >= 15 is 0 Å². The van der Waals surface area contributed by atoms with E-state index in [1.54, 1.807) is 18.0 Å². The molecule has 2 N–H and O–H groups in total. The minimum Gasteiger partial charge on any atom is -0.496 e. The van der Waals surface area contributed by atoms with Gasteiger partial charge in [-0.3, -0.25) is 9.48 Å². The molecule has 0 radical (unpaired) electrons. The van der Waals surface area contributed by atoms with Crippen molar-refractivity contribution in [2.75, 3.05) is 25.5 Å². The molecule has 2 heterocycles. The average Bonchev–Trinajstić information content (AvgIpc) is 3.30. The Balaban J connectivity index is 0.00000240. The zero-order valence-corrected chi connectivity index (χ0v) is 17.1. The Hall–Kier alpha value is -2.83. The summed E-state index contributed by atoms with van der Waals surface area (Å²) >= 11 is 0. The second-order valence-corrected chi connectivity index (χ2v) is 6.97. The molecule has 2 aromatic carbocycles. The van der Waals surface area contributed by atoms with Crippen molar-refractivity contribution in [2.24, 2.45) is 0 Å². The third kappa shape index (κ3) is 4.13. The molecule has 1 amide bonds. The second kappa shape index (κ2) is 9.11. The Morgan fingerprint density at radius 3 is 2.66 bits per heavy atom. The molecule has 6 nitrogen and oxygen atoms in total. The number of carbonyl (C=O) groups excluding carboxylic acids is 1. The lowest BCUT2D eigenvalue weighted by molar-refractivity contribution is -0.126. The van der Waals surface area contributed by atoms with E-state index in [-0.39, 0.29) is 18.3 Å². The average molecular weight is 413 g/mol. The number of para-hydroxylation sites is 1. The van der Waals surface area contributed by atoms with E-state index in [0.717, 1.165) is 35.7 Å². The first-order valence-corrected chi connectivity index (χ1v) is 9.49. The van der Waals surface area contributed by atoms with Gasteiger partial charge in [-0.1, -0.05) is 30.3 Å². The lowest BCUT2D eigenvalue weighted by Crippen LogP contribution is -2.52. The standard InChI is InChI=1S/C22H24N4O2.ClH/c1-28-20-9-3-2-8-19(20)17-6-4-7-18(16-17)25-21(27)22(10-13-23-14-11-22)26-15-5-12-24-26;/h2-9,12,15-16,23H,10-11,13-14H2,1H3,(H,25,27);1H. The van der Waals surface area contributed by atoms with Crippen LogP contribution in [0.25, 0.3) is 11.1 Å². The monoisotopic (exact) mass is 412 g/mol.